The summed E-state index contributed by atoms with van der Waals surface area (Å²) in [5.74, 6) is 4.99. The number of hydrogen-bond donors (Lipinski definition) is 1. The van der Waals surface area contributed by atoms with E-state index in [1.165, 1.54) is 18.6 Å². The predicted molar refractivity (Wildman–Crippen MR) is 60.1 cm³/mol. The van der Waals surface area contributed by atoms with Gasteiger partial charge >= 0.3 is 5.97 Å². The van der Waals surface area contributed by atoms with Crippen LogP contribution in [0.4, 0.5) is 0 Å². The number of methoxy groups -OCH3 is 1. The van der Waals surface area contributed by atoms with E-state index in [0.717, 1.165) is 0 Å². The molecule has 90 valence electrons. The molecule has 0 bridgehead atoms. The Morgan fingerprint density at radius 1 is 1.59 bits per heavy atom. The summed E-state index contributed by atoms with van der Waals surface area (Å²) in [4.78, 5) is 25.8. The molecular formula is C11H13N3O3. The van der Waals surface area contributed by atoms with Crippen molar-refractivity contribution in [3.63, 3.8) is 0 Å². The minimum atomic E-state index is -0.512. The van der Waals surface area contributed by atoms with Crippen LogP contribution in [0.3, 0.4) is 0 Å². The highest BCUT2D eigenvalue weighted by Gasteiger charge is 2.12. The second-order valence-electron chi connectivity index (χ2n) is 3.26. The number of nitrogens with zero attached hydrogens (tertiary/aromatic N) is 2. The highest BCUT2D eigenvalue weighted by atomic mass is 16.5. The van der Waals surface area contributed by atoms with Crippen LogP contribution in [0.1, 0.15) is 23.2 Å². The topological polar surface area (TPSA) is 73.2 Å². The number of esters is 1. The molecule has 17 heavy (non-hydrogen) atoms. The molecule has 0 aliphatic carbocycles. The molecule has 1 amide bonds. The normalized spacial score (nSPS) is 9.12. The average molecular weight is 235 g/mol. The van der Waals surface area contributed by atoms with Crippen molar-refractivity contribution < 1.29 is 14.3 Å². The van der Waals surface area contributed by atoms with E-state index in [-0.39, 0.29) is 18.3 Å². The number of carbonyl (C=O) groups is 2. The van der Waals surface area contributed by atoms with Gasteiger partial charge in [0.2, 0.25) is 11.7 Å². The van der Waals surface area contributed by atoms with Crippen molar-refractivity contribution in [1.29, 1.82) is 0 Å². The zero-order valence-corrected chi connectivity index (χ0v) is 9.90. The van der Waals surface area contributed by atoms with Crippen LogP contribution in [0.25, 0.3) is 0 Å². The minimum absolute atomic E-state index is 0.143. The fourth-order valence-corrected chi connectivity index (χ4v) is 1.11. The molecular weight excluding hydrogens is 222 g/mol. The number of carbonyl (C=O) groups excluding carboxylic acids is 2. The van der Waals surface area contributed by atoms with E-state index >= 15 is 0 Å². The van der Waals surface area contributed by atoms with Gasteiger partial charge in [0.25, 0.3) is 0 Å². The summed E-state index contributed by atoms with van der Waals surface area (Å²) < 4.78 is 6.10. The zero-order valence-electron chi connectivity index (χ0n) is 9.90. The third-order valence-electron chi connectivity index (χ3n) is 1.89. The Morgan fingerprint density at radius 3 is 2.88 bits per heavy atom. The maximum Gasteiger partial charge on any atom is 0.374 e. The number of imidazole rings is 1. The fraction of sp³-hybridized carbons (Fsp3) is 0.364. The SMILES string of the molecule is COC(=O)c1nc(C#CCNC(C)=O)cn1C. The van der Waals surface area contributed by atoms with E-state index < -0.39 is 5.97 Å². The minimum Gasteiger partial charge on any atom is -0.463 e. The van der Waals surface area contributed by atoms with Crippen LogP contribution in [-0.2, 0) is 16.6 Å². The van der Waals surface area contributed by atoms with Crippen molar-refractivity contribution in [2.45, 2.75) is 6.92 Å². The lowest BCUT2D eigenvalue weighted by atomic mass is 10.4. The first kappa shape index (κ1) is 12.8. The van der Waals surface area contributed by atoms with Crippen LogP contribution in [0.2, 0.25) is 0 Å². The molecule has 0 atom stereocenters. The first-order valence-corrected chi connectivity index (χ1v) is 4.89. The summed E-state index contributed by atoms with van der Waals surface area (Å²) in [6, 6.07) is 0. The molecule has 1 aromatic heterocycles. The Morgan fingerprint density at radius 2 is 2.29 bits per heavy atom. The van der Waals surface area contributed by atoms with Crippen LogP contribution in [0, 0.1) is 11.8 Å². The Bertz CT molecular complexity index is 494. The Labute approximate surface area is 99.0 Å². The maximum atomic E-state index is 11.3. The van der Waals surface area contributed by atoms with E-state index in [1.807, 2.05) is 0 Å². The molecule has 0 radical (unpaired) electrons. The molecule has 1 heterocycles. The quantitative estimate of drug-likeness (QED) is 0.564. The first-order valence-electron chi connectivity index (χ1n) is 4.89. The van der Waals surface area contributed by atoms with Crippen LogP contribution in [0.15, 0.2) is 6.20 Å². The largest absolute Gasteiger partial charge is 0.463 e. The van der Waals surface area contributed by atoms with Gasteiger partial charge in [0.15, 0.2) is 0 Å². The molecule has 0 aliphatic heterocycles. The van der Waals surface area contributed by atoms with Crippen molar-refractivity contribution >= 4 is 11.9 Å². The summed E-state index contributed by atoms with van der Waals surface area (Å²) >= 11 is 0. The van der Waals surface area contributed by atoms with Gasteiger partial charge in [0.1, 0.15) is 5.69 Å². The highest BCUT2D eigenvalue weighted by Crippen LogP contribution is 2.01. The number of aryl methyl sites for hydroxylation is 1. The Hall–Kier alpha value is -2.29. The van der Waals surface area contributed by atoms with Crippen LogP contribution in [-0.4, -0.2) is 35.1 Å². The molecule has 6 heteroatoms. The standard InChI is InChI=1S/C11H13N3O3/c1-8(15)12-6-4-5-9-7-14(2)10(13-9)11(16)17-3/h7H,6H2,1-3H3,(H,12,15). The fourth-order valence-electron chi connectivity index (χ4n) is 1.11. The zero-order chi connectivity index (χ0) is 12.8. The van der Waals surface area contributed by atoms with Crippen molar-refractivity contribution in [1.82, 2.24) is 14.9 Å². The molecule has 0 spiro atoms. The van der Waals surface area contributed by atoms with E-state index in [9.17, 15) is 9.59 Å². The number of amides is 1. The molecule has 0 saturated carbocycles. The van der Waals surface area contributed by atoms with Gasteiger partial charge in [-0.1, -0.05) is 5.92 Å². The summed E-state index contributed by atoms with van der Waals surface area (Å²) in [7, 11) is 2.97. The van der Waals surface area contributed by atoms with Gasteiger partial charge in [-0.15, -0.1) is 0 Å². The first-order chi connectivity index (χ1) is 8.04. The van der Waals surface area contributed by atoms with Gasteiger partial charge in [0, 0.05) is 20.2 Å². The van der Waals surface area contributed by atoms with Gasteiger partial charge < -0.3 is 14.6 Å². The second kappa shape index (κ2) is 5.70. The summed E-state index contributed by atoms with van der Waals surface area (Å²) in [5, 5.41) is 2.53. The lowest BCUT2D eigenvalue weighted by Gasteiger charge is -1.96. The molecule has 6 nitrogen and oxygen atoms in total. The average Bonchev–Trinajstić information content (AvgIpc) is 2.65. The van der Waals surface area contributed by atoms with Crippen molar-refractivity contribution in [2.24, 2.45) is 7.05 Å². The van der Waals surface area contributed by atoms with Gasteiger partial charge in [-0.3, -0.25) is 4.79 Å². The molecule has 0 aliphatic rings. The number of ether oxygens (including phenoxy) is 1. The third kappa shape index (κ3) is 3.65. The maximum absolute atomic E-state index is 11.3. The molecule has 0 unspecified atom stereocenters. The summed E-state index contributed by atoms with van der Waals surface area (Å²) in [6.45, 7) is 1.66. The monoisotopic (exact) mass is 235 g/mol. The highest BCUT2D eigenvalue weighted by molar-refractivity contribution is 5.85. The number of rotatable bonds is 2. The lowest BCUT2D eigenvalue weighted by molar-refractivity contribution is -0.118. The number of hydrogen-bond acceptors (Lipinski definition) is 4. The predicted octanol–water partition coefficient (Wildman–Crippen LogP) is -0.306. The lowest BCUT2D eigenvalue weighted by Crippen LogP contribution is -2.19. The molecule has 1 aromatic rings. The van der Waals surface area contributed by atoms with E-state index in [4.69, 9.17) is 0 Å². The third-order valence-corrected chi connectivity index (χ3v) is 1.89. The van der Waals surface area contributed by atoms with Crippen molar-refractivity contribution in [3.8, 4) is 11.8 Å². The van der Waals surface area contributed by atoms with E-state index in [0.29, 0.717) is 5.69 Å². The van der Waals surface area contributed by atoms with E-state index in [2.05, 4.69) is 26.9 Å². The second-order valence-corrected chi connectivity index (χ2v) is 3.26. The van der Waals surface area contributed by atoms with Crippen LogP contribution in [0.5, 0.6) is 0 Å². The van der Waals surface area contributed by atoms with Gasteiger partial charge in [0.05, 0.1) is 13.7 Å². The number of aromatic nitrogens is 2. The van der Waals surface area contributed by atoms with Gasteiger partial charge in [-0.2, -0.15) is 0 Å². The smallest absolute Gasteiger partial charge is 0.374 e. The molecule has 0 fully saturated rings. The van der Waals surface area contributed by atoms with Crippen molar-refractivity contribution in [3.05, 3.63) is 17.7 Å². The summed E-state index contributed by atoms with van der Waals surface area (Å²) in [6.07, 6.45) is 1.62. The molecule has 1 N–H and O–H groups in total. The van der Waals surface area contributed by atoms with Crippen LogP contribution < -0.4 is 5.32 Å². The van der Waals surface area contributed by atoms with Gasteiger partial charge in [-0.25, -0.2) is 9.78 Å². The van der Waals surface area contributed by atoms with Crippen molar-refractivity contribution in [2.75, 3.05) is 13.7 Å². The number of nitrogens with one attached hydrogen (secondary N) is 1. The van der Waals surface area contributed by atoms with Gasteiger partial charge in [-0.05, 0) is 5.92 Å². The molecule has 0 saturated heterocycles. The Kier molecular flexibility index (Phi) is 4.29. The Balaban J connectivity index is 2.73. The van der Waals surface area contributed by atoms with Crippen LogP contribution >= 0.6 is 0 Å². The molecule has 0 aromatic carbocycles. The summed E-state index contributed by atoms with van der Waals surface area (Å²) in [5.41, 5.74) is 0.457. The van der Waals surface area contributed by atoms with E-state index in [1.54, 1.807) is 13.2 Å². The molecule has 1 rings (SSSR count).